The van der Waals surface area contributed by atoms with E-state index in [1.807, 2.05) is 0 Å². The van der Waals surface area contributed by atoms with E-state index in [0.29, 0.717) is 4.57 Å². The Kier molecular flexibility index (Phi) is 5.07. The first-order valence-electron chi connectivity index (χ1n) is 6.73. The van der Waals surface area contributed by atoms with Crippen molar-refractivity contribution < 1.29 is 23.2 Å². The van der Waals surface area contributed by atoms with Crippen LogP contribution in [0.15, 0.2) is 30.6 Å². The lowest BCUT2D eigenvalue weighted by atomic mass is 10.1. The topological polar surface area (TPSA) is 90.5 Å². The molecule has 2 rings (SSSR count). The molecule has 24 heavy (non-hydrogen) atoms. The third kappa shape index (κ3) is 3.47. The van der Waals surface area contributed by atoms with Crippen LogP contribution in [-0.4, -0.2) is 39.4 Å². The van der Waals surface area contributed by atoms with Crippen LogP contribution in [-0.2, 0) is 6.54 Å². The third-order valence-corrected chi connectivity index (χ3v) is 3.31. The Morgan fingerprint density at radius 2 is 2.21 bits per heavy atom. The Labute approximate surface area is 135 Å². The maximum absolute atomic E-state index is 12.8. The smallest absolute Gasteiger partial charge is 0.319 e. The lowest BCUT2D eigenvalue weighted by Crippen LogP contribution is -2.28. The number of ether oxygens (including phenoxy) is 1. The van der Waals surface area contributed by atoms with Gasteiger partial charge < -0.3 is 9.64 Å². The van der Waals surface area contributed by atoms with Crippen LogP contribution < -0.4 is 4.74 Å². The van der Waals surface area contributed by atoms with Crippen molar-refractivity contribution in [1.82, 2.24) is 14.5 Å². The van der Waals surface area contributed by atoms with Crippen LogP contribution >= 0.6 is 0 Å². The molecule has 0 aliphatic carbocycles. The van der Waals surface area contributed by atoms with E-state index in [4.69, 9.17) is 4.74 Å². The van der Waals surface area contributed by atoms with Crippen molar-refractivity contribution in [3.63, 3.8) is 0 Å². The van der Waals surface area contributed by atoms with Gasteiger partial charge in [0.1, 0.15) is 11.6 Å². The van der Waals surface area contributed by atoms with E-state index in [0.717, 1.165) is 17.2 Å². The molecule has 1 aromatic carbocycles. The molecule has 10 heteroatoms. The number of benzene rings is 1. The van der Waals surface area contributed by atoms with Crippen molar-refractivity contribution in [1.29, 1.82) is 0 Å². The highest BCUT2D eigenvalue weighted by atomic mass is 19.3. The number of nitro benzene ring substituents is 1. The van der Waals surface area contributed by atoms with Crippen molar-refractivity contribution in [2.45, 2.75) is 13.1 Å². The lowest BCUT2D eigenvalue weighted by molar-refractivity contribution is -0.384. The zero-order chi connectivity index (χ0) is 17.9. The van der Waals surface area contributed by atoms with Gasteiger partial charge in [-0.25, -0.2) is 4.98 Å². The number of carbonyl (C=O) groups excluding carboxylic acids is 1. The summed E-state index contributed by atoms with van der Waals surface area (Å²) >= 11 is 0. The molecule has 0 fully saturated rings. The molecule has 1 heterocycles. The molecule has 0 spiro atoms. The van der Waals surface area contributed by atoms with Crippen molar-refractivity contribution in [2.75, 3.05) is 14.2 Å². The first-order valence-corrected chi connectivity index (χ1v) is 6.73. The first kappa shape index (κ1) is 17.3. The highest BCUT2D eigenvalue weighted by Crippen LogP contribution is 2.25. The number of methoxy groups -OCH3 is 1. The van der Waals surface area contributed by atoms with Crippen LogP contribution in [0.1, 0.15) is 22.7 Å². The van der Waals surface area contributed by atoms with Gasteiger partial charge in [0, 0.05) is 31.6 Å². The predicted molar refractivity (Wildman–Crippen MR) is 78.9 cm³/mol. The maximum Gasteiger partial charge on any atom is 0.319 e. The molecule has 0 radical (unpaired) electrons. The molecule has 0 saturated carbocycles. The second-order valence-corrected chi connectivity index (χ2v) is 4.83. The van der Waals surface area contributed by atoms with Gasteiger partial charge in [0.15, 0.2) is 0 Å². The van der Waals surface area contributed by atoms with Gasteiger partial charge in [0.2, 0.25) is 0 Å². The summed E-state index contributed by atoms with van der Waals surface area (Å²) in [6, 6.07) is 3.59. The maximum atomic E-state index is 12.8. The van der Waals surface area contributed by atoms with E-state index in [1.54, 1.807) is 0 Å². The number of hydrogen-bond acceptors (Lipinski definition) is 5. The fraction of sp³-hybridized carbons (Fsp3) is 0.286. The Bertz CT molecular complexity index is 763. The van der Waals surface area contributed by atoms with Crippen molar-refractivity contribution in [2.24, 2.45) is 0 Å². The molecule has 0 aliphatic rings. The molecule has 0 saturated heterocycles. The number of imidazole rings is 1. The van der Waals surface area contributed by atoms with Crippen LogP contribution in [0.5, 0.6) is 5.75 Å². The molecule has 0 aliphatic heterocycles. The summed E-state index contributed by atoms with van der Waals surface area (Å²) in [5.41, 5.74) is -0.314. The fourth-order valence-corrected chi connectivity index (χ4v) is 2.11. The molecule has 0 atom stereocenters. The zero-order valence-electron chi connectivity index (χ0n) is 12.8. The highest BCUT2D eigenvalue weighted by Gasteiger charge is 2.22. The standard InChI is InChI=1S/C14H14F2N4O4/c1-18(8-12-17-5-6-19(12)14(15)16)13(21)10-7-9(20(22)23)3-4-11(10)24-2/h3-7,14H,8H2,1-2H3. The van der Waals surface area contributed by atoms with E-state index in [-0.39, 0.29) is 29.4 Å². The van der Waals surface area contributed by atoms with E-state index in [9.17, 15) is 23.7 Å². The average Bonchev–Trinajstić information content (AvgIpc) is 3.01. The first-order chi connectivity index (χ1) is 11.3. The SMILES string of the molecule is COc1ccc([N+](=O)[O-])cc1C(=O)N(C)Cc1nccn1C(F)F. The molecule has 2 aromatic rings. The second kappa shape index (κ2) is 7.02. The van der Waals surface area contributed by atoms with Gasteiger partial charge in [0.05, 0.1) is 24.1 Å². The summed E-state index contributed by atoms with van der Waals surface area (Å²) in [6.45, 7) is -2.97. The van der Waals surface area contributed by atoms with Gasteiger partial charge in [0.25, 0.3) is 11.6 Å². The fourth-order valence-electron chi connectivity index (χ4n) is 2.11. The van der Waals surface area contributed by atoms with Gasteiger partial charge in [-0.2, -0.15) is 8.78 Å². The summed E-state index contributed by atoms with van der Waals surface area (Å²) in [4.78, 5) is 27.6. The summed E-state index contributed by atoms with van der Waals surface area (Å²) < 4.78 is 31.3. The van der Waals surface area contributed by atoms with E-state index in [2.05, 4.69) is 4.98 Å². The number of halogens is 2. The molecular formula is C14H14F2N4O4. The number of nitro groups is 1. The van der Waals surface area contributed by atoms with Gasteiger partial charge >= 0.3 is 6.55 Å². The average molecular weight is 340 g/mol. The van der Waals surface area contributed by atoms with Crippen LogP contribution in [0.2, 0.25) is 0 Å². The largest absolute Gasteiger partial charge is 0.496 e. The van der Waals surface area contributed by atoms with Crippen LogP contribution in [0, 0.1) is 10.1 Å². The Hall–Kier alpha value is -3.04. The molecule has 0 bridgehead atoms. The second-order valence-electron chi connectivity index (χ2n) is 4.83. The van der Waals surface area contributed by atoms with Crippen LogP contribution in [0.4, 0.5) is 14.5 Å². The quantitative estimate of drug-likeness (QED) is 0.595. The Morgan fingerprint density at radius 1 is 1.50 bits per heavy atom. The van der Waals surface area contributed by atoms with Gasteiger partial charge in [-0.15, -0.1) is 0 Å². The molecule has 128 valence electrons. The van der Waals surface area contributed by atoms with Crippen LogP contribution in [0.3, 0.4) is 0 Å². The zero-order valence-corrected chi connectivity index (χ0v) is 12.8. The van der Waals surface area contributed by atoms with Crippen molar-refractivity contribution >= 4 is 11.6 Å². The molecule has 8 nitrogen and oxygen atoms in total. The molecule has 0 N–H and O–H groups in total. The van der Waals surface area contributed by atoms with E-state index in [1.165, 1.54) is 32.5 Å². The molecular weight excluding hydrogens is 326 g/mol. The number of amides is 1. The summed E-state index contributed by atoms with van der Waals surface area (Å²) in [7, 11) is 2.70. The number of carbonyl (C=O) groups is 1. The number of rotatable bonds is 6. The monoisotopic (exact) mass is 340 g/mol. The number of non-ortho nitro benzene ring substituents is 1. The third-order valence-electron chi connectivity index (χ3n) is 3.31. The van der Waals surface area contributed by atoms with E-state index < -0.39 is 17.4 Å². The minimum atomic E-state index is -2.78. The summed E-state index contributed by atoms with van der Waals surface area (Å²) in [6.07, 6.45) is 2.31. The van der Waals surface area contributed by atoms with Gasteiger partial charge in [-0.05, 0) is 6.07 Å². The van der Waals surface area contributed by atoms with E-state index >= 15 is 0 Å². The number of aromatic nitrogens is 2. The van der Waals surface area contributed by atoms with Crippen LogP contribution in [0.25, 0.3) is 0 Å². The number of hydrogen-bond donors (Lipinski definition) is 0. The predicted octanol–water partition coefficient (Wildman–Crippen LogP) is 2.47. The normalized spacial score (nSPS) is 10.7. The molecule has 0 unspecified atom stereocenters. The minimum Gasteiger partial charge on any atom is -0.496 e. The van der Waals surface area contributed by atoms with Gasteiger partial charge in [-0.3, -0.25) is 19.5 Å². The Balaban J connectivity index is 2.28. The van der Waals surface area contributed by atoms with Gasteiger partial charge in [-0.1, -0.05) is 0 Å². The highest BCUT2D eigenvalue weighted by molar-refractivity contribution is 5.97. The molecule has 1 amide bonds. The summed E-state index contributed by atoms with van der Waals surface area (Å²) in [5, 5.41) is 10.9. The van der Waals surface area contributed by atoms with Crippen molar-refractivity contribution in [3.05, 3.63) is 52.1 Å². The molecule has 1 aromatic heterocycles. The number of alkyl halides is 2. The number of nitrogens with zero attached hydrogens (tertiary/aromatic N) is 4. The summed E-state index contributed by atoms with van der Waals surface area (Å²) in [5.74, 6) is -0.473. The minimum absolute atomic E-state index is 0.00903. The Morgan fingerprint density at radius 3 is 2.79 bits per heavy atom. The van der Waals surface area contributed by atoms with Crippen molar-refractivity contribution in [3.8, 4) is 5.75 Å². The lowest BCUT2D eigenvalue weighted by Gasteiger charge is -2.19.